The van der Waals surface area contributed by atoms with Gasteiger partial charge in [0.2, 0.25) is 0 Å². The van der Waals surface area contributed by atoms with Gasteiger partial charge in [0.1, 0.15) is 0 Å². The number of ether oxygens (including phenoxy) is 2. The van der Waals surface area contributed by atoms with E-state index in [9.17, 15) is 0 Å². The highest BCUT2D eigenvalue weighted by molar-refractivity contribution is 7.59. The summed E-state index contributed by atoms with van der Waals surface area (Å²) in [7, 11) is -0.164. The summed E-state index contributed by atoms with van der Waals surface area (Å²) in [5.41, 5.74) is 3.96. The lowest BCUT2D eigenvalue weighted by molar-refractivity contribution is -0.147. The quantitative estimate of drug-likeness (QED) is 0.731. The molecule has 0 radical (unpaired) electrons. The fraction of sp³-hybridized carbons (Fsp3) is 0.455. The van der Waals surface area contributed by atoms with E-state index in [1.54, 1.807) is 0 Å². The van der Waals surface area contributed by atoms with Crippen molar-refractivity contribution in [2.45, 2.75) is 56.0 Å². The second-order valence-corrected chi connectivity index (χ2v) is 10.4. The zero-order valence-electron chi connectivity index (χ0n) is 15.3. The first-order valence-corrected chi connectivity index (χ1v) is 11.1. The molecular formula is C22H27O2P. The maximum atomic E-state index is 6.39. The van der Waals surface area contributed by atoms with Crippen molar-refractivity contribution >= 4 is 7.92 Å². The zero-order valence-corrected chi connectivity index (χ0v) is 16.2. The molecule has 2 aromatic carbocycles. The molecule has 0 bridgehead atoms. The molecule has 0 N–H and O–H groups in total. The molecule has 2 heterocycles. The van der Waals surface area contributed by atoms with Crippen molar-refractivity contribution in [2.24, 2.45) is 0 Å². The van der Waals surface area contributed by atoms with E-state index in [-0.39, 0.29) is 20.1 Å². The number of hydrogen-bond acceptors (Lipinski definition) is 2. The highest BCUT2D eigenvalue weighted by Crippen LogP contribution is 2.60. The van der Waals surface area contributed by atoms with Crippen molar-refractivity contribution in [1.29, 1.82) is 0 Å². The molecule has 0 amide bonds. The van der Waals surface area contributed by atoms with Gasteiger partial charge in [0, 0.05) is 11.3 Å². The van der Waals surface area contributed by atoms with Gasteiger partial charge in [-0.15, -0.1) is 0 Å². The maximum Gasteiger partial charge on any atom is 0.163 e. The van der Waals surface area contributed by atoms with Crippen LogP contribution < -0.4 is 0 Å². The Morgan fingerprint density at radius 2 is 1.16 bits per heavy atom. The average Bonchev–Trinajstić information content (AvgIpc) is 3.03. The lowest BCUT2D eigenvalue weighted by atomic mass is 9.99. The summed E-state index contributed by atoms with van der Waals surface area (Å²) in [5.74, 6) is -0.462. The van der Waals surface area contributed by atoms with Crippen LogP contribution in [0.25, 0.3) is 0 Å². The smallest absolute Gasteiger partial charge is 0.163 e. The van der Waals surface area contributed by atoms with E-state index in [0.29, 0.717) is 11.3 Å². The second-order valence-electron chi connectivity index (χ2n) is 7.74. The molecule has 2 aliphatic heterocycles. The third kappa shape index (κ3) is 3.53. The van der Waals surface area contributed by atoms with E-state index in [0.717, 1.165) is 12.8 Å². The molecule has 2 aliphatic rings. The summed E-state index contributed by atoms with van der Waals surface area (Å²) >= 11 is 0. The minimum Gasteiger partial charge on any atom is -0.344 e. The summed E-state index contributed by atoms with van der Waals surface area (Å²) in [6, 6.07) is 21.7. The van der Waals surface area contributed by atoms with Crippen LogP contribution >= 0.6 is 7.92 Å². The van der Waals surface area contributed by atoms with E-state index in [4.69, 9.17) is 9.47 Å². The van der Waals surface area contributed by atoms with Crippen LogP contribution in [0.1, 0.15) is 25.0 Å². The molecule has 25 heavy (non-hydrogen) atoms. The monoisotopic (exact) mass is 354 g/mol. The highest BCUT2D eigenvalue weighted by Gasteiger charge is 2.56. The summed E-state index contributed by atoms with van der Waals surface area (Å²) < 4.78 is 12.8. The second kappa shape index (κ2) is 6.83. The Hall–Kier alpha value is -1.21. The normalized spacial score (nSPS) is 33.3. The molecule has 2 nitrogen and oxygen atoms in total. The predicted molar refractivity (Wildman–Crippen MR) is 105 cm³/mol. The van der Waals surface area contributed by atoms with Gasteiger partial charge >= 0.3 is 0 Å². The summed E-state index contributed by atoms with van der Waals surface area (Å²) in [5, 5.41) is 0. The summed E-state index contributed by atoms with van der Waals surface area (Å²) in [6.45, 7) is 6.57. The van der Waals surface area contributed by atoms with Crippen molar-refractivity contribution in [3.63, 3.8) is 0 Å². The average molecular weight is 354 g/mol. The van der Waals surface area contributed by atoms with Crippen LogP contribution in [0.2, 0.25) is 0 Å². The number of hydrogen-bond donors (Lipinski definition) is 0. The molecule has 0 spiro atoms. The highest BCUT2D eigenvalue weighted by atomic mass is 31.1. The van der Waals surface area contributed by atoms with Crippen LogP contribution in [0.15, 0.2) is 60.7 Å². The van der Waals surface area contributed by atoms with Crippen LogP contribution in [0.5, 0.6) is 0 Å². The Morgan fingerprint density at radius 3 is 1.56 bits per heavy atom. The maximum absolute atomic E-state index is 6.39. The minimum atomic E-state index is -0.462. The van der Waals surface area contributed by atoms with Crippen molar-refractivity contribution in [3.05, 3.63) is 71.8 Å². The Kier molecular flexibility index (Phi) is 4.71. The topological polar surface area (TPSA) is 18.5 Å². The summed E-state index contributed by atoms with van der Waals surface area (Å²) in [6.07, 6.45) is 2.63. The van der Waals surface area contributed by atoms with E-state index in [1.165, 1.54) is 11.1 Å². The lowest BCUT2D eigenvalue weighted by Gasteiger charge is -2.29. The van der Waals surface area contributed by atoms with E-state index >= 15 is 0 Å². The van der Waals surface area contributed by atoms with Crippen LogP contribution in [0, 0.1) is 0 Å². The largest absolute Gasteiger partial charge is 0.344 e. The molecule has 2 fully saturated rings. The molecule has 0 saturated carbocycles. The van der Waals surface area contributed by atoms with E-state index in [1.807, 2.05) is 0 Å². The van der Waals surface area contributed by atoms with Crippen LogP contribution in [-0.4, -0.2) is 36.0 Å². The van der Waals surface area contributed by atoms with Gasteiger partial charge in [0.15, 0.2) is 5.79 Å². The van der Waals surface area contributed by atoms with Gasteiger partial charge in [-0.25, -0.2) is 0 Å². The Bertz CT molecular complexity index is 641. The molecule has 2 aromatic rings. The molecular weight excluding hydrogens is 327 g/mol. The van der Waals surface area contributed by atoms with Crippen LogP contribution in [0.3, 0.4) is 0 Å². The fourth-order valence-corrected chi connectivity index (χ4v) is 7.23. The number of fused-ring (bicyclic) bond motifs is 1. The van der Waals surface area contributed by atoms with Gasteiger partial charge < -0.3 is 9.47 Å². The van der Waals surface area contributed by atoms with Crippen LogP contribution in [-0.2, 0) is 22.3 Å². The van der Waals surface area contributed by atoms with E-state index in [2.05, 4.69) is 81.2 Å². The molecule has 4 atom stereocenters. The van der Waals surface area contributed by atoms with Crippen molar-refractivity contribution in [2.75, 3.05) is 6.66 Å². The molecule has 3 heteroatoms. The first kappa shape index (κ1) is 17.2. The van der Waals surface area contributed by atoms with Crippen molar-refractivity contribution in [3.8, 4) is 0 Å². The predicted octanol–water partition coefficient (Wildman–Crippen LogP) is 4.85. The van der Waals surface area contributed by atoms with Gasteiger partial charge in [-0.3, -0.25) is 0 Å². The first-order valence-electron chi connectivity index (χ1n) is 9.19. The van der Waals surface area contributed by atoms with Gasteiger partial charge in [-0.2, -0.15) is 0 Å². The minimum absolute atomic E-state index is 0.164. The third-order valence-corrected chi connectivity index (χ3v) is 8.59. The molecule has 4 rings (SSSR count). The Morgan fingerprint density at radius 1 is 0.760 bits per heavy atom. The first-order chi connectivity index (χ1) is 12.0. The molecule has 2 saturated heterocycles. The molecule has 132 valence electrons. The molecule has 0 aliphatic carbocycles. The SMILES string of the molecule is CP1C(Cc2ccccc2)C2OC(C)(C)OC2C1Cc1ccccc1. The number of rotatable bonds is 4. The van der Waals surface area contributed by atoms with Crippen molar-refractivity contribution < 1.29 is 9.47 Å². The molecule has 0 aromatic heterocycles. The standard InChI is InChI=1S/C22H27O2P/c1-22(2)23-20-18(14-16-10-6-4-7-11-16)25(3)19(21(20)24-22)15-17-12-8-5-9-13-17/h4-13,18-21H,14-15H2,1-3H3. The Balaban J connectivity index is 1.59. The third-order valence-electron chi connectivity index (χ3n) is 5.54. The van der Waals surface area contributed by atoms with Gasteiger partial charge in [0.25, 0.3) is 0 Å². The van der Waals surface area contributed by atoms with Gasteiger partial charge in [0.05, 0.1) is 12.2 Å². The van der Waals surface area contributed by atoms with Crippen LogP contribution in [0.4, 0.5) is 0 Å². The fourth-order valence-electron chi connectivity index (χ4n) is 4.35. The summed E-state index contributed by atoms with van der Waals surface area (Å²) in [4.78, 5) is 0. The zero-order chi connectivity index (χ0) is 17.4. The molecule has 4 unspecified atom stereocenters. The van der Waals surface area contributed by atoms with E-state index < -0.39 is 5.79 Å². The van der Waals surface area contributed by atoms with Crippen molar-refractivity contribution in [1.82, 2.24) is 0 Å². The van der Waals surface area contributed by atoms with Gasteiger partial charge in [-0.1, -0.05) is 68.6 Å². The van der Waals surface area contributed by atoms with Gasteiger partial charge in [-0.05, 0) is 44.5 Å². The Labute approximate surface area is 152 Å². The lowest BCUT2D eigenvalue weighted by Crippen LogP contribution is -2.31. The number of benzene rings is 2.